The highest BCUT2D eigenvalue weighted by Gasteiger charge is 1.94. The van der Waals surface area contributed by atoms with Crippen LogP contribution in [0.5, 0.6) is 0 Å². The number of carbonyl (C=O) groups is 1. The summed E-state index contributed by atoms with van der Waals surface area (Å²) in [6, 6.07) is 2.22. The highest BCUT2D eigenvalue weighted by Crippen LogP contribution is 2.14. The number of unbranched alkanes of at least 4 members (excludes halogenated alkanes) is 17. The van der Waals surface area contributed by atoms with Crippen molar-refractivity contribution >= 4 is 5.97 Å². The van der Waals surface area contributed by atoms with E-state index < -0.39 is 5.97 Å². The first-order chi connectivity index (χ1) is 12.1. The summed E-state index contributed by atoms with van der Waals surface area (Å²) in [5.74, 6) is -0.833. The van der Waals surface area contributed by atoms with Gasteiger partial charge in [0.05, 0.1) is 6.07 Å². The Balaban J connectivity index is 0. The summed E-state index contributed by atoms with van der Waals surface area (Å²) in [5.41, 5.74) is 0. The Morgan fingerprint density at radius 2 is 0.920 bits per heavy atom. The molecule has 148 valence electrons. The van der Waals surface area contributed by atoms with Crippen molar-refractivity contribution in [2.24, 2.45) is 0 Å². The van der Waals surface area contributed by atoms with Gasteiger partial charge in [-0.15, -0.1) is 0 Å². The Labute approximate surface area is 157 Å². The first-order valence-corrected chi connectivity index (χ1v) is 10.7. The second-order valence-electron chi connectivity index (χ2n) is 7.08. The highest BCUT2D eigenvalue weighted by atomic mass is 16.4. The highest BCUT2D eigenvalue weighted by molar-refractivity contribution is 5.62. The molecule has 3 heteroatoms. The average molecular weight is 354 g/mol. The molecule has 3 nitrogen and oxygen atoms in total. The zero-order valence-corrected chi connectivity index (χ0v) is 17.0. The van der Waals surface area contributed by atoms with Crippen molar-refractivity contribution in [1.82, 2.24) is 0 Å². The Kier molecular flexibility index (Phi) is 26.4. The van der Waals surface area contributed by atoms with Crippen LogP contribution in [0.1, 0.15) is 129 Å². The molecule has 0 unspecified atom stereocenters. The largest absolute Gasteiger partial charge is 0.481 e. The van der Waals surface area contributed by atoms with Gasteiger partial charge in [-0.05, 0) is 6.42 Å². The smallest absolute Gasteiger partial charge is 0.300 e. The number of hydrogen-bond acceptors (Lipinski definition) is 2. The van der Waals surface area contributed by atoms with Crippen LogP contribution in [0.2, 0.25) is 0 Å². The zero-order valence-electron chi connectivity index (χ0n) is 17.0. The fourth-order valence-electron chi connectivity index (χ4n) is 2.93. The monoisotopic (exact) mass is 353 g/mol. The Hall–Kier alpha value is -1.04. The van der Waals surface area contributed by atoms with E-state index in [1.54, 1.807) is 0 Å². The summed E-state index contributed by atoms with van der Waals surface area (Å²) in [7, 11) is 0. The van der Waals surface area contributed by atoms with Gasteiger partial charge in [0.25, 0.3) is 5.97 Å². The van der Waals surface area contributed by atoms with Crippen molar-refractivity contribution in [3.8, 4) is 6.07 Å². The van der Waals surface area contributed by atoms with Crippen LogP contribution < -0.4 is 0 Å². The molecule has 0 aromatic heterocycles. The lowest BCUT2D eigenvalue weighted by molar-refractivity contribution is -0.134. The van der Waals surface area contributed by atoms with E-state index >= 15 is 0 Å². The molecule has 0 amide bonds. The summed E-state index contributed by atoms with van der Waals surface area (Å²) in [6.45, 7) is 3.37. The number of nitrogens with zero attached hydrogens (tertiary/aromatic N) is 1. The summed E-state index contributed by atoms with van der Waals surface area (Å²) in [6.07, 6.45) is 24.6. The molecule has 0 aromatic rings. The van der Waals surface area contributed by atoms with Crippen molar-refractivity contribution in [1.29, 1.82) is 5.26 Å². The third-order valence-corrected chi connectivity index (χ3v) is 4.39. The van der Waals surface area contributed by atoms with Gasteiger partial charge in [0.2, 0.25) is 0 Å². The third kappa shape index (κ3) is 35.1. The van der Waals surface area contributed by atoms with Crippen LogP contribution in [0, 0.1) is 11.3 Å². The van der Waals surface area contributed by atoms with Crippen LogP contribution in [0.4, 0.5) is 0 Å². The van der Waals surface area contributed by atoms with Gasteiger partial charge in [-0.25, -0.2) is 0 Å². The third-order valence-electron chi connectivity index (χ3n) is 4.39. The van der Waals surface area contributed by atoms with Gasteiger partial charge in [0.1, 0.15) is 0 Å². The fourth-order valence-corrected chi connectivity index (χ4v) is 2.93. The number of rotatable bonds is 17. The van der Waals surface area contributed by atoms with Gasteiger partial charge in [0.15, 0.2) is 0 Å². The lowest BCUT2D eigenvalue weighted by atomic mass is 10.0. The fraction of sp³-hybridized carbons (Fsp3) is 0.909. The molecule has 0 fully saturated rings. The SMILES string of the molecule is CC(=O)O.CCCCCCCCCCCCCCCCCCCC#N. The summed E-state index contributed by atoms with van der Waals surface area (Å²) in [4.78, 5) is 9.00. The number of nitriles is 1. The molecule has 0 saturated carbocycles. The number of carboxylic acids is 1. The Morgan fingerprint density at radius 1 is 0.680 bits per heavy atom. The van der Waals surface area contributed by atoms with Gasteiger partial charge >= 0.3 is 0 Å². The van der Waals surface area contributed by atoms with Gasteiger partial charge in [-0.1, -0.05) is 110 Å². The standard InChI is InChI=1S/C20H39N.C2H4O2/c1-2-3-4-5-6-7-8-9-10-11-12-13-14-15-16-17-18-19-20-21;1-2(3)4/h2-19H2,1H3;1H3,(H,3,4). The summed E-state index contributed by atoms with van der Waals surface area (Å²) < 4.78 is 0. The van der Waals surface area contributed by atoms with E-state index in [9.17, 15) is 0 Å². The Bertz CT molecular complexity index is 293. The first-order valence-electron chi connectivity index (χ1n) is 10.7. The van der Waals surface area contributed by atoms with Gasteiger partial charge in [-0.3, -0.25) is 4.79 Å². The molecule has 0 saturated heterocycles. The molecular weight excluding hydrogens is 310 g/mol. The van der Waals surface area contributed by atoms with E-state index in [1.807, 2.05) is 0 Å². The minimum absolute atomic E-state index is 0.749. The van der Waals surface area contributed by atoms with Crippen LogP contribution in [0.25, 0.3) is 0 Å². The molecule has 0 atom stereocenters. The second-order valence-corrected chi connectivity index (χ2v) is 7.08. The molecule has 0 aliphatic carbocycles. The molecule has 0 radical (unpaired) electrons. The lowest BCUT2D eigenvalue weighted by Gasteiger charge is -2.03. The first kappa shape index (κ1) is 26.2. The molecular formula is C22H43NO2. The molecule has 0 aliphatic rings. The van der Waals surface area contributed by atoms with E-state index in [4.69, 9.17) is 15.2 Å². The van der Waals surface area contributed by atoms with Crippen LogP contribution >= 0.6 is 0 Å². The molecule has 0 heterocycles. The Morgan fingerprint density at radius 3 is 1.16 bits per heavy atom. The number of hydrogen-bond donors (Lipinski definition) is 1. The van der Waals surface area contributed by atoms with Crippen LogP contribution in [0.3, 0.4) is 0 Å². The van der Waals surface area contributed by atoms with E-state index in [0.717, 1.165) is 19.8 Å². The minimum Gasteiger partial charge on any atom is -0.481 e. The molecule has 0 aromatic carbocycles. The van der Waals surface area contributed by atoms with Gasteiger partial charge in [0, 0.05) is 13.3 Å². The lowest BCUT2D eigenvalue weighted by Crippen LogP contribution is -1.83. The molecule has 0 bridgehead atoms. The van der Waals surface area contributed by atoms with E-state index in [0.29, 0.717) is 0 Å². The van der Waals surface area contributed by atoms with Crippen molar-refractivity contribution in [2.75, 3.05) is 0 Å². The average Bonchev–Trinajstić information content (AvgIpc) is 2.57. The maximum absolute atomic E-state index is 9.00. The maximum Gasteiger partial charge on any atom is 0.300 e. The zero-order chi connectivity index (χ0) is 19.0. The topological polar surface area (TPSA) is 61.1 Å². The van der Waals surface area contributed by atoms with Gasteiger partial charge < -0.3 is 5.11 Å². The predicted molar refractivity (Wildman–Crippen MR) is 108 cm³/mol. The molecule has 0 rings (SSSR count). The van der Waals surface area contributed by atoms with Crippen molar-refractivity contribution in [2.45, 2.75) is 129 Å². The van der Waals surface area contributed by atoms with E-state index in [-0.39, 0.29) is 0 Å². The molecule has 0 spiro atoms. The number of aliphatic carboxylic acids is 1. The van der Waals surface area contributed by atoms with Crippen LogP contribution in [-0.2, 0) is 4.79 Å². The minimum atomic E-state index is -0.833. The second kappa shape index (κ2) is 25.2. The maximum atomic E-state index is 9.00. The van der Waals surface area contributed by atoms with Gasteiger partial charge in [-0.2, -0.15) is 5.26 Å². The van der Waals surface area contributed by atoms with Crippen molar-refractivity contribution < 1.29 is 9.90 Å². The van der Waals surface area contributed by atoms with E-state index in [2.05, 4.69) is 13.0 Å². The van der Waals surface area contributed by atoms with Crippen molar-refractivity contribution in [3.63, 3.8) is 0 Å². The normalized spacial score (nSPS) is 9.96. The number of carboxylic acid groups (broad SMARTS) is 1. The summed E-state index contributed by atoms with van der Waals surface area (Å²) >= 11 is 0. The van der Waals surface area contributed by atoms with Crippen LogP contribution in [-0.4, -0.2) is 11.1 Å². The predicted octanol–water partition coefficient (Wildman–Crippen LogP) is 7.64. The molecule has 25 heavy (non-hydrogen) atoms. The van der Waals surface area contributed by atoms with Crippen molar-refractivity contribution in [3.05, 3.63) is 0 Å². The van der Waals surface area contributed by atoms with Crippen LogP contribution in [0.15, 0.2) is 0 Å². The van der Waals surface area contributed by atoms with E-state index in [1.165, 1.54) is 103 Å². The summed E-state index contributed by atoms with van der Waals surface area (Å²) in [5, 5.41) is 15.9. The quantitative estimate of drug-likeness (QED) is 0.273. The molecule has 0 aliphatic heterocycles. The molecule has 1 N–H and O–H groups in total.